The number of hydrogen-bond donors (Lipinski definition) is 1. The average Bonchev–Trinajstić information content (AvgIpc) is 2.77. The predicted octanol–water partition coefficient (Wildman–Crippen LogP) is 1.28. The van der Waals surface area contributed by atoms with Gasteiger partial charge in [0.1, 0.15) is 5.75 Å². The number of anilines is 2. The molecular weight excluding hydrogens is 416 g/mol. The van der Waals surface area contributed by atoms with Gasteiger partial charge >= 0.3 is 0 Å². The van der Waals surface area contributed by atoms with Crippen LogP contribution in [0.5, 0.6) is 5.75 Å². The Labute approximate surface area is 183 Å². The Morgan fingerprint density at radius 2 is 1.74 bits per heavy atom. The third-order valence-electron chi connectivity index (χ3n) is 5.70. The van der Waals surface area contributed by atoms with E-state index in [0.717, 1.165) is 38.0 Å². The number of nitrogens with one attached hydrogen (secondary N) is 1. The van der Waals surface area contributed by atoms with Crippen LogP contribution >= 0.6 is 0 Å². The molecule has 8 nitrogen and oxygen atoms in total. The molecule has 0 aromatic heterocycles. The summed E-state index contributed by atoms with van der Waals surface area (Å²) < 4.78 is 31.4. The molecule has 2 aromatic rings. The lowest BCUT2D eigenvalue weighted by atomic mass is 10.1. The molecule has 4 rings (SSSR count). The Balaban J connectivity index is 1.38. The maximum atomic E-state index is 12.7. The predicted molar refractivity (Wildman–Crippen MR) is 121 cm³/mol. The molecule has 0 aliphatic carbocycles. The molecular formula is C22H28N4O4S. The fraction of sp³-hybridized carbons (Fsp3) is 0.409. The van der Waals surface area contributed by atoms with Gasteiger partial charge in [0.2, 0.25) is 10.0 Å². The smallest absolute Gasteiger partial charge is 0.263 e. The minimum atomic E-state index is -3.53. The van der Waals surface area contributed by atoms with Crippen LogP contribution in [0.1, 0.15) is 5.56 Å². The van der Waals surface area contributed by atoms with E-state index < -0.39 is 16.1 Å². The van der Waals surface area contributed by atoms with Crippen molar-refractivity contribution in [3.63, 3.8) is 0 Å². The maximum absolute atomic E-state index is 12.7. The Morgan fingerprint density at radius 1 is 1.06 bits per heavy atom. The van der Waals surface area contributed by atoms with E-state index in [2.05, 4.69) is 34.3 Å². The lowest BCUT2D eigenvalue weighted by Crippen LogP contribution is -2.50. The molecule has 1 atom stereocenters. The Hall–Kier alpha value is -2.78. The van der Waals surface area contributed by atoms with E-state index in [-0.39, 0.29) is 12.5 Å². The molecule has 0 saturated carbocycles. The number of likely N-dealkylation sites (N-methyl/N-ethyl adjacent to an activating group) is 1. The highest BCUT2D eigenvalue weighted by Gasteiger charge is 2.34. The van der Waals surface area contributed by atoms with Gasteiger partial charge in [-0.2, -0.15) is 0 Å². The third kappa shape index (κ3) is 4.94. The lowest BCUT2D eigenvalue weighted by Gasteiger charge is -2.34. The van der Waals surface area contributed by atoms with Gasteiger partial charge in [-0.05, 0) is 36.9 Å². The van der Waals surface area contributed by atoms with E-state index in [9.17, 15) is 13.2 Å². The van der Waals surface area contributed by atoms with Crippen LogP contribution in [0.3, 0.4) is 0 Å². The van der Waals surface area contributed by atoms with Gasteiger partial charge in [-0.1, -0.05) is 24.3 Å². The van der Waals surface area contributed by atoms with Gasteiger partial charge in [0, 0.05) is 38.4 Å². The number of para-hydroxylation sites is 2. The van der Waals surface area contributed by atoms with Crippen LogP contribution in [0, 0.1) is 0 Å². The van der Waals surface area contributed by atoms with Crippen molar-refractivity contribution in [2.24, 2.45) is 0 Å². The van der Waals surface area contributed by atoms with Crippen LogP contribution in [-0.4, -0.2) is 71.4 Å². The Kier molecular flexibility index (Phi) is 6.06. The lowest BCUT2D eigenvalue weighted by molar-refractivity contribution is -0.127. The summed E-state index contributed by atoms with van der Waals surface area (Å²) >= 11 is 0. The van der Waals surface area contributed by atoms with E-state index in [4.69, 9.17) is 4.74 Å². The fourth-order valence-corrected chi connectivity index (χ4v) is 4.76. The number of ether oxygens (including phenoxy) is 1. The fourth-order valence-electron chi connectivity index (χ4n) is 3.85. The van der Waals surface area contributed by atoms with Gasteiger partial charge in [-0.3, -0.25) is 9.10 Å². The summed E-state index contributed by atoms with van der Waals surface area (Å²) in [5.74, 6) is 0.0437. The standard InChI is InChI=1S/C22H28N4O4S/c1-24-11-13-25(14-12-24)18-9-7-17(8-10-18)15-23-22(27)21-16-26(31(2,28)29)19-5-3-4-6-20(19)30-21/h3-10,21H,11-16H2,1-2H3,(H,23,27)/t21-/m0/s1. The number of carbonyl (C=O) groups is 1. The van der Waals surface area contributed by atoms with Crippen molar-refractivity contribution in [1.82, 2.24) is 10.2 Å². The summed E-state index contributed by atoms with van der Waals surface area (Å²) in [5.41, 5.74) is 2.61. The zero-order valence-electron chi connectivity index (χ0n) is 17.8. The largest absolute Gasteiger partial charge is 0.476 e. The van der Waals surface area contributed by atoms with E-state index in [0.29, 0.717) is 18.0 Å². The van der Waals surface area contributed by atoms with Crippen LogP contribution in [0.4, 0.5) is 11.4 Å². The third-order valence-corrected chi connectivity index (χ3v) is 6.85. The van der Waals surface area contributed by atoms with Crippen molar-refractivity contribution in [3.05, 3.63) is 54.1 Å². The first-order valence-corrected chi connectivity index (χ1v) is 12.2. The number of sulfonamides is 1. The first-order chi connectivity index (χ1) is 14.8. The highest BCUT2D eigenvalue weighted by Crippen LogP contribution is 2.34. The van der Waals surface area contributed by atoms with E-state index >= 15 is 0 Å². The molecule has 2 heterocycles. The van der Waals surface area contributed by atoms with Gasteiger partial charge in [-0.15, -0.1) is 0 Å². The van der Waals surface area contributed by atoms with Crippen LogP contribution in [-0.2, 0) is 21.4 Å². The summed E-state index contributed by atoms with van der Waals surface area (Å²) in [6, 6.07) is 15.0. The molecule has 2 aliphatic heterocycles. The number of benzene rings is 2. The first kappa shape index (κ1) is 21.5. The minimum Gasteiger partial charge on any atom is -0.476 e. The second-order valence-electron chi connectivity index (χ2n) is 8.04. The summed E-state index contributed by atoms with van der Waals surface area (Å²) in [7, 11) is -1.39. The minimum absolute atomic E-state index is 0.0516. The molecule has 0 unspecified atom stereocenters. The second kappa shape index (κ2) is 8.76. The SMILES string of the molecule is CN1CCN(c2ccc(CNC(=O)[C@@H]3CN(S(C)(=O)=O)c4ccccc4O3)cc2)CC1. The molecule has 1 fully saturated rings. The average molecular weight is 445 g/mol. The number of amides is 1. The van der Waals surface area contributed by atoms with Gasteiger partial charge in [-0.25, -0.2) is 8.42 Å². The normalized spacial score (nSPS) is 19.5. The van der Waals surface area contributed by atoms with E-state index in [1.807, 2.05) is 12.1 Å². The Bertz CT molecular complexity index is 1030. The number of piperazine rings is 1. The van der Waals surface area contributed by atoms with Crippen molar-refractivity contribution in [1.29, 1.82) is 0 Å². The van der Waals surface area contributed by atoms with Gasteiger partial charge in [0.15, 0.2) is 6.10 Å². The van der Waals surface area contributed by atoms with Crippen LogP contribution in [0.2, 0.25) is 0 Å². The highest BCUT2D eigenvalue weighted by atomic mass is 32.2. The summed E-state index contributed by atoms with van der Waals surface area (Å²) in [6.45, 7) is 4.40. The second-order valence-corrected chi connectivity index (χ2v) is 9.95. The zero-order valence-corrected chi connectivity index (χ0v) is 18.6. The topological polar surface area (TPSA) is 82.2 Å². The number of hydrogen-bond acceptors (Lipinski definition) is 6. The molecule has 166 valence electrons. The summed E-state index contributed by atoms with van der Waals surface area (Å²) in [5, 5.41) is 2.87. The van der Waals surface area contributed by atoms with Crippen molar-refractivity contribution in [3.8, 4) is 5.75 Å². The van der Waals surface area contributed by atoms with E-state index in [1.54, 1.807) is 24.3 Å². The zero-order chi connectivity index (χ0) is 22.0. The Morgan fingerprint density at radius 3 is 2.42 bits per heavy atom. The molecule has 2 aromatic carbocycles. The molecule has 1 amide bonds. The van der Waals surface area contributed by atoms with Crippen molar-refractivity contribution in [2.75, 3.05) is 55.2 Å². The van der Waals surface area contributed by atoms with Gasteiger partial charge < -0.3 is 19.9 Å². The molecule has 0 bridgehead atoms. The summed E-state index contributed by atoms with van der Waals surface area (Å²) in [4.78, 5) is 17.4. The molecule has 31 heavy (non-hydrogen) atoms. The van der Waals surface area contributed by atoms with Gasteiger partial charge in [0.05, 0.1) is 18.5 Å². The van der Waals surface area contributed by atoms with Crippen LogP contribution in [0.15, 0.2) is 48.5 Å². The van der Waals surface area contributed by atoms with Crippen LogP contribution < -0.4 is 19.3 Å². The van der Waals surface area contributed by atoms with Crippen molar-refractivity contribution in [2.45, 2.75) is 12.6 Å². The van der Waals surface area contributed by atoms with Crippen molar-refractivity contribution < 1.29 is 17.9 Å². The quantitative estimate of drug-likeness (QED) is 0.748. The summed E-state index contributed by atoms with van der Waals surface area (Å²) in [6.07, 6.45) is 0.223. The number of rotatable bonds is 5. The number of nitrogens with zero attached hydrogens (tertiary/aromatic N) is 3. The highest BCUT2D eigenvalue weighted by molar-refractivity contribution is 7.92. The number of carbonyl (C=O) groups excluding carboxylic acids is 1. The monoisotopic (exact) mass is 444 g/mol. The first-order valence-electron chi connectivity index (χ1n) is 10.3. The molecule has 1 saturated heterocycles. The molecule has 0 spiro atoms. The molecule has 2 aliphatic rings. The van der Waals surface area contributed by atoms with Gasteiger partial charge in [0.25, 0.3) is 5.91 Å². The van der Waals surface area contributed by atoms with E-state index in [1.165, 1.54) is 9.99 Å². The molecule has 0 radical (unpaired) electrons. The maximum Gasteiger partial charge on any atom is 0.263 e. The molecule has 9 heteroatoms. The molecule has 1 N–H and O–H groups in total. The van der Waals surface area contributed by atoms with Crippen molar-refractivity contribution >= 4 is 27.3 Å². The van der Waals surface area contributed by atoms with Crippen LogP contribution in [0.25, 0.3) is 0 Å². The number of fused-ring (bicyclic) bond motifs is 1.